The largest absolute Gasteiger partial charge is 0.390 e. The van der Waals surface area contributed by atoms with E-state index < -0.39 is 5.60 Å². The van der Waals surface area contributed by atoms with Crippen molar-refractivity contribution < 1.29 is 9.90 Å². The molecule has 4 aliphatic rings. The molecule has 3 fully saturated rings. The molecule has 1 aliphatic heterocycles. The van der Waals surface area contributed by atoms with Crippen LogP contribution in [0.15, 0.2) is 23.1 Å². The lowest BCUT2D eigenvalue weighted by atomic mass is 9.77. The Hall–Kier alpha value is -2.41. The lowest BCUT2D eigenvalue weighted by Gasteiger charge is -2.35. The highest BCUT2D eigenvalue weighted by atomic mass is 16.3. The molecule has 3 heterocycles. The monoisotopic (exact) mass is 492 g/mol. The number of carbonyl (C=O) groups is 1. The van der Waals surface area contributed by atoms with Gasteiger partial charge >= 0.3 is 0 Å². The quantitative estimate of drug-likeness (QED) is 0.640. The number of aromatic nitrogens is 3. The molecule has 1 unspecified atom stereocenters. The minimum Gasteiger partial charge on any atom is -0.390 e. The maximum atomic E-state index is 13.5. The highest BCUT2D eigenvalue weighted by Gasteiger charge is 2.56. The van der Waals surface area contributed by atoms with Crippen molar-refractivity contribution in [3.63, 3.8) is 0 Å². The fourth-order valence-corrected chi connectivity index (χ4v) is 7.40. The summed E-state index contributed by atoms with van der Waals surface area (Å²) in [6, 6.07) is 3.88. The van der Waals surface area contributed by atoms with Crippen LogP contribution >= 0.6 is 0 Å². The summed E-state index contributed by atoms with van der Waals surface area (Å²) in [6.45, 7) is 6.25. The predicted octanol–water partition coefficient (Wildman–Crippen LogP) is 3.90. The van der Waals surface area contributed by atoms with Crippen molar-refractivity contribution in [1.29, 1.82) is 0 Å². The van der Waals surface area contributed by atoms with Crippen molar-refractivity contribution in [1.82, 2.24) is 19.7 Å². The van der Waals surface area contributed by atoms with Gasteiger partial charge in [0.15, 0.2) is 5.69 Å². The van der Waals surface area contributed by atoms with E-state index in [0.29, 0.717) is 61.2 Å². The molecule has 194 valence electrons. The average molecular weight is 493 g/mol. The highest BCUT2D eigenvalue weighted by molar-refractivity contribution is 5.95. The number of hydrogen-bond donors (Lipinski definition) is 2. The second-order valence-electron chi connectivity index (χ2n) is 12.4. The second-order valence-corrected chi connectivity index (χ2v) is 12.4. The van der Waals surface area contributed by atoms with Crippen molar-refractivity contribution >= 4 is 5.91 Å². The number of hydrogen-bond acceptors (Lipinski definition) is 4. The number of rotatable bonds is 6. The third-order valence-corrected chi connectivity index (χ3v) is 9.80. The Balaban J connectivity index is 1.14. The number of H-pyrrole nitrogens is 1. The first-order valence-corrected chi connectivity index (χ1v) is 14.1. The Kier molecular flexibility index (Phi) is 6.09. The van der Waals surface area contributed by atoms with E-state index in [9.17, 15) is 14.7 Å². The van der Waals surface area contributed by atoms with Crippen LogP contribution in [0.1, 0.15) is 92.0 Å². The number of likely N-dealkylation sites (tertiary alicyclic amines) is 1. The van der Waals surface area contributed by atoms with Crippen LogP contribution in [-0.2, 0) is 19.4 Å². The fourth-order valence-electron chi connectivity index (χ4n) is 7.40. The van der Waals surface area contributed by atoms with Crippen molar-refractivity contribution in [2.45, 2.75) is 89.7 Å². The van der Waals surface area contributed by atoms with Gasteiger partial charge in [0.2, 0.25) is 0 Å². The molecule has 6 rings (SSSR count). The number of amides is 1. The van der Waals surface area contributed by atoms with E-state index in [1.165, 1.54) is 36.9 Å². The van der Waals surface area contributed by atoms with Gasteiger partial charge in [0.25, 0.3) is 11.5 Å². The summed E-state index contributed by atoms with van der Waals surface area (Å²) < 4.78 is 2.17. The van der Waals surface area contributed by atoms with Crippen LogP contribution in [0.25, 0.3) is 0 Å². The van der Waals surface area contributed by atoms with Gasteiger partial charge in [0, 0.05) is 42.7 Å². The molecule has 1 amide bonds. The van der Waals surface area contributed by atoms with Crippen molar-refractivity contribution in [3.05, 3.63) is 51.2 Å². The topological polar surface area (TPSA) is 91.2 Å². The number of nitrogens with one attached hydrogen (secondary N) is 1. The Morgan fingerprint density at radius 3 is 2.81 bits per heavy atom. The van der Waals surface area contributed by atoms with Gasteiger partial charge in [-0.1, -0.05) is 32.3 Å². The molecule has 0 radical (unpaired) electrons. The van der Waals surface area contributed by atoms with E-state index >= 15 is 0 Å². The number of pyridine rings is 1. The molecule has 36 heavy (non-hydrogen) atoms. The highest BCUT2D eigenvalue weighted by Crippen LogP contribution is 2.62. The minimum absolute atomic E-state index is 0.0500. The predicted molar refractivity (Wildman–Crippen MR) is 138 cm³/mol. The molecule has 2 aromatic heterocycles. The molecule has 2 saturated carbocycles. The smallest absolute Gasteiger partial charge is 0.274 e. The molecule has 0 bridgehead atoms. The van der Waals surface area contributed by atoms with Gasteiger partial charge in [-0.25, -0.2) is 0 Å². The number of nitrogens with zero attached hydrogens (tertiary/aromatic N) is 3. The van der Waals surface area contributed by atoms with Crippen LogP contribution in [0.2, 0.25) is 0 Å². The van der Waals surface area contributed by atoms with Crippen molar-refractivity contribution in [2.75, 3.05) is 13.1 Å². The van der Waals surface area contributed by atoms with Crippen LogP contribution in [-0.4, -0.2) is 49.4 Å². The van der Waals surface area contributed by atoms with Gasteiger partial charge < -0.3 is 15.0 Å². The molecular weight excluding hydrogens is 452 g/mol. The van der Waals surface area contributed by atoms with Gasteiger partial charge in [-0.05, 0) is 81.1 Å². The lowest BCUT2D eigenvalue weighted by Crippen LogP contribution is -2.45. The number of aliphatic hydroxyl groups is 1. The van der Waals surface area contributed by atoms with Gasteiger partial charge in [-0.2, -0.15) is 5.10 Å². The first-order chi connectivity index (χ1) is 17.3. The summed E-state index contributed by atoms with van der Waals surface area (Å²) in [7, 11) is 0. The van der Waals surface area contributed by atoms with Crippen molar-refractivity contribution in [2.24, 2.45) is 23.7 Å². The first-order valence-electron chi connectivity index (χ1n) is 14.1. The summed E-state index contributed by atoms with van der Waals surface area (Å²) in [5.41, 5.74) is 3.52. The Bertz CT molecular complexity index is 1190. The third-order valence-electron chi connectivity index (χ3n) is 9.80. The molecule has 5 atom stereocenters. The molecule has 1 saturated heterocycles. The summed E-state index contributed by atoms with van der Waals surface area (Å²) >= 11 is 0. The SMILES string of the molecule is C[C@@H]1[C@@H]2Cc3c(c(C(=O)N4CCC(C)(O)CC4)nn3CC[C@@H]3CCCC(Cc4ccc[nH]c4=O)C3)[C@H]12. The molecule has 2 N–H and O–H groups in total. The Morgan fingerprint density at radius 2 is 2.03 bits per heavy atom. The molecule has 7 nitrogen and oxygen atoms in total. The molecule has 0 spiro atoms. The number of aromatic amines is 1. The number of piperidine rings is 1. The van der Waals surface area contributed by atoms with Crippen LogP contribution < -0.4 is 5.56 Å². The van der Waals surface area contributed by atoms with E-state index in [0.717, 1.165) is 31.4 Å². The van der Waals surface area contributed by atoms with Crippen LogP contribution in [0, 0.1) is 23.7 Å². The minimum atomic E-state index is -0.667. The molecule has 3 aliphatic carbocycles. The fraction of sp³-hybridized carbons (Fsp3) is 0.690. The molecule has 0 aromatic carbocycles. The normalized spacial score (nSPS) is 30.6. The molecular formula is C29H40N4O3. The van der Waals surface area contributed by atoms with E-state index in [1.807, 2.05) is 24.0 Å². The summed E-state index contributed by atoms with van der Waals surface area (Å²) in [5, 5.41) is 15.3. The Morgan fingerprint density at radius 1 is 1.25 bits per heavy atom. The van der Waals surface area contributed by atoms with Crippen molar-refractivity contribution in [3.8, 4) is 0 Å². The zero-order valence-corrected chi connectivity index (χ0v) is 21.7. The molecule has 2 aromatic rings. The van der Waals surface area contributed by atoms with Crippen LogP contribution in [0.3, 0.4) is 0 Å². The zero-order chi connectivity index (χ0) is 25.0. The number of aryl methyl sites for hydroxylation is 1. The van der Waals surface area contributed by atoms with E-state index in [4.69, 9.17) is 5.10 Å². The van der Waals surface area contributed by atoms with Crippen LogP contribution in [0.4, 0.5) is 0 Å². The standard InChI is InChI=1S/C29H40N4O3/c1-18-22-17-23-25(24(18)22)26(28(35)32-13-9-29(2,36)10-14-32)31-33(23)12-8-19-5-3-6-20(15-19)16-21-7-4-11-30-27(21)34/h4,7,11,18-20,22,24,36H,3,5-6,8-10,12-17H2,1-2H3,(H,30,34)/t18-,19+,20?,22+,24-/m1/s1. The maximum absolute atomic E-state index is 13.5. The maximum Gasteiger partial charge on any atom is 0.274 e. The van der Waals surface area contributed by atoms with Gasteiger partial charge in [0.1, 0.15) is 0 Å². The Labute approximate surface area is 213 Å². The number of fused-ring (bicyclic) bond motifs is 3. The third kappa shape index (κ3) is 4.44. The van der Waals surface area contributed by atoms with Gasteiger partial charge in [0.05, 0.1) is 5.60 Å². The second kappa shape index (κ2) is 9.16. The first kappa shape index (κ1) is 24.0. The lowest BCUT2D eigenvalue weighted by molar-refractivity contribution is -0.00225. The molecule has 7 heteroatoms. The summed E-state index contributed by atoms with van der Waals surface area (Å²) in [4.78, 5) is 30.4. The summed E-state index contributed by atoms with van der Waals surface area (Å²) in [6.07, 6.45) is 10.8. The van der Waals surface area contributed by atoms with Crippen LogP contribution in [0.5, 0.6) is 0 Å². The summed E-state index contributed by atoms with van der Waals surface area (Å²) in [5.74, 6) is 3.11. The van der Waals surface area contributed by atoms with Gasteiger partial charge in [-0.15, -0.1) is 0 Å². The van der Waals surface area contributed by atoms with E-state index in [1.54, 1.807) is 6.20 Å². The number of carbonyl (C=O) groups excluding carboxylic acids is 1. The average Bonchev–Trinajstić information content (AvgIpc) is 3.17. The van der Waals surface area contributed by atoms with E-state index in [-0.39, 0.29) is 11.5 Å². The van der Waals surface area contributed by atoms with Gasteiger partial charge in [-0.3, -0.25) is 14.3 Å². The zero-order valence-electron chi connectivity index (χ0n) is 21.7. The van der Waals surface area contributed by atoms with E-state index in [2.05, 4.69) is 16.6 Å².